The molecule has 2 rings (SSSR count). The Morgan fingerprint density at radius 3 is 2.69 bits per heavy atom. The zero-order chi connectivity index (χ0) is 18.9. The minimum Gasteiger partial charge on any atom is -0.441 e. The van der Waals surface area contributed by atoms with Crippen molar-refractivity contribution >= 4 is 12.0 Å². The number of alkyl carbamates (subject to hydrolysis) is 1. The number of ether oxygens (including phenoxy) is 1. The third kappa shape index (κ3) is 5.07. The fourth-order valence-electron chi connectivity index (χ4n) is 2.21. The van der Waals surface area contributed by atoms with E-state index < -0.39 is 23.7 Å². The number of carbonyl (C=O) groups is 2. The molecule has 2 heterocycles. The first kappa shape index (κ1) is 19.0. The number of nitrogens with zero attached hydrogens (tertiary/aromatic N) is 2. The molecule has 0 aliphatic rings. The molecule has 0 saturated carbocycles. The van der Waals surface area contributed by atoms with Gasteiger partial charge in [0.1, 0.15) is 11.8 Å². The minimum atomic E-state index is -0.708. The summed E-state index contributed by atoms with van der Waals surface area (Å²) in [6, 6.07) is 7.38. The van der Waals surface area contributed by atoms with Crippen LogP contribution in [0.1, 0.15) is 35.5 Å². The van der Waals surface area contributed by atoms with E-state index in [2.05, 4.69) is 15.6 Å². The van der Waals surface area contributed by atoms with E-state index in [1.54, 1.807) is 18.5 Å². The van der Waals surface area contributed by atoms with Gasteiger partial charge < -0.3 is 20.6 Å². The molecule has 0 spiro atoms. The van der Waals surface area contributed by atoms with Crippen LogP contribution in [0.4, 0.5) is 4.79 Å². The Labute approximate surface area is 149 Å². The number of amides is 2. The van der Waals surface area contributed by atoms with Crippen LogP contribution >= 0.6 is 0 Å². The van der Waals surface area contributed by atoms with Gasteiger partial charge in [-0.05, 0) is 18.6 Å². The molecule has 138 valence electrons. The van der Waals surface area contributed by atoms with E-state index >= 15 is 0 Å². The van der Waals surface area contributed by atoms with Crippen LogP contribution in [0, 0.1) is 0 Å². The van der Waals surface area contributed by atoms with Gasteiger partial charge in [0.15, 0.2) is 0 Å². The first-order chi connectivity index (χ1) is 12.5. The molecular weight excluding hydrogens is 340 g/mol. The van der Waals surface area contributed by atoms with Crippen molar-refractivity contribution in [1.29, 1.82) is 0 Å². The lowest BCUT2D eigenvalue weighted by molar-refractivity contribution is 0.0877. The van der Waals surface area contributed by atoms with Crippen LogP contribution in [0.15, 0.2) is 47.5 Å². The zero-order valence-corrected chi connectivity index (χ0v) is 14.2. The maximum atomic E-state index is 11.9. The molecule has 0 aromatic carbocycles. The van der Waals surface area contributed by atoms with Crippen LogP contribution in [-0.2, 0) is 4.74 Å². The summed E-state index contributed by atoms with van der Waals surface area (Å²) in [5, 5.41) is 14.5. The average molecular weight is 360 g/mol. The number of hydrogen-bond acceptors (Lipinski definition) is 6. The Bertz CT molecular complexity index is 806. The highest BCUT2D eigenvalue weighted by Gasteiger charge is 2.15. The Morgan fingerprint density at radius 2 is 2.00 bits per heavy atom. The summed E-state index contributed by atoms with van der Waals surface area (Å²) in [5.74, 6) is -0.637. The van der Waals surface area contributed by atoms with Gasteiger partial charge >= 0.3 is 6.09 Å². The van der Waals surface area contributed by atoms with Gasteiger partial charge in [-0.15, -0.1) is 4.73 Å². The molecule has 0 aliphatic carbocycles. The number of rotatable bonds is 7. The summed E-state index contributed by atoms with van der Waals surface area (Å²) in [6.45, 7) is 2.11. The van der Waals surface area contributed by atoms with Crippen molar-refractivity contribution in [2.45, 2.75) is 19.4 Å². The highest BCUT2D eigenvalue weighted by atomic mass is 16.6. The van der Waals surface area contributed by atoms with E-state index in [0.717, 1.165) is 11.6 Å². The summed E-state index contributed by atoms with van der Waals surface area (Å²) >= 11 is 0. The highest BCUT2D eigenvalue weighted by Crippen LogP contribution is 2.19. The first-order valence-electron chi connectivity index (χ1n) is 8.06. The van der Waals surface area contributed by atoms with Gasteiger partial charge in [0.2, 0.25) is 0 Å². The molecular formula is C17H20N4O5. The van der Waals surface area contributed by atoms with Crippen LogP contribution in [0.2, 0.25) is 0 Å². The van der Waals surface area contributed by atoms with Gasteiger partial charge in [0.05, 0.1) is 0 Å². The normalized spacial score (nSPS) is 11.4. The summed E-state index contributed by atoms with van der Waals surface area (Å²) in [5.41, 5.74) is -0.105. The van der Waals surface area contributed by atoms with Gasteiger partial charge in [0.25, 0.3) is 11.5 Å². The number of aromatic nitrogens is 2. The lowest BCUT2D eigenvalue weighted by Crippen LogP contribution is -2.37. The first-order valence-corrected chi connectivity index (χ1v) is 8.06. The maximum Gasteiger partial charge on any atom is 0.407 e. The molecule has 3 N–H and O–H groups in total. The van der Waals surface area contributed by atoms with Gasteiger partial charge in [-0.2, -0.15) is 0 Å². The van der Waals surface area contributed by atoms with E-state index in [9.17, 15) is 19.6 Å². The molecule has 1 atom stereocenters. The molecule has 26 heavy (non-hydrogen) atoms. The topological polar surface area (TPSA) is 123 Å². The van der Waals surface area contributed by atoms with Crippen molar-refractivity contribution in [2.24, 2.45) is 0 Å². The predicted octanol–water partition coefficient (Wildman–Crippen LogP) is 1.09. The summed E-state index contributed by atoms with van der Waals surface area (Å²) in [7, 11) is 0. The summed E-state index contributed by atoms with van der Waals surface area (Å²) < 4.78 is 5.58. The van der Waals surface area contributed by atoms with Crippen molar-refractivity contribution in [2.75, 3.05) is 13.1 Å². The standard InChI is InChI=1S/C17H20N4O5/c1-2-14(12-5-4-8-18-11-12)26-17(24)20-10-9-19-16(23)13-6-3-7-15(22)21(13)25/h3-8,11,14,25H,2,9-10H2,1H3,(H,19,23)(H,20,24)/t14-/m0/s1. The minimum absolute atomic E-state index is 0.0979. The van der Waals surface area contributed by atoms with Crippen LogP contribution < -0.4 is 16.2 Å². The fourth-order valence-corrected chi connectivity index (χ4v) is 2.21. The Morgan fingerprint density at radius 1 is 1.23 bits per heavy atom. The lowest BCUT2D eigenvalue weighted by Gasteiger charge is -2.16. The van der Waals surface area contributed by atoms with E-state index in [1.165, 1.54) is 12.1 Å². The zero-order valence-electron chi connectivity index (χ0n) is 14.2. The molecule has 0 saturated heterocycles. The molecule has 2 aromatic heterocycles. The van der Waals surface area contributed by atoms with E-state index in [1.807, 2.05) is 13.0 Å². The average Bonchev–Trinajstić information content (AvgIpc) is 2.66. The molecule has 0 bridgehead atoms. The van der Waals surface area contributed by atoms with Crippen LogP contribution in [0.25, 0.3) is 0 Å². The van der Waals surface area contributed by atoms with Crippen molar-refractivity contribution in [1.82, 2.24) is 20.3 Å². The second-order valence-corrected chi connectivity index (χ2v) is 5.33. The van der Waals surface area contributed by atoms with E-state index in [4.69, 9.17) is 4.74 Å². The Balaban J connectivity index is 1.77. The monoisotopic (exact) mass is 360 g/mol. The number of pyridine rings is 2. The molecule has 0 fully saturated rings. The summed E-state index contributed by atoms with van der Waals surface area (Å²) in [4.78, 5) is 39.0. The Kier molecular flexibility index (Phi) is 6.72. The van der Waals surface area contributed by atoms with Gasteiger partial charge in [-0.3, -0.25) is 14.6 Å². The predicted molar refractivity (Wildman–Crippen MR) is 92.0 cm³/mol. The second kappa shape index (κ2) is 9.21. The molecule has 0 radical (unpaired) electrons. The van der Waals surface area contributed by atoms with Crippen molar-refractivity contribution in [3.8, 4) is 0 Å². The number of carbonyl (C=O) groups excluding carboxylic acids is 2. The second-order valence-electron chi connectivity index (χ2n) is 5.33. The summed E-state index contributed by atoms with van der Waals surface area (Å²) in [6.07, 6.45) is 2.84. The molecule has 0 unspecified atom stereocenters. The fraction of sp³-hybridized carbons (Fsp3) is 0.294. The highest BCUT2D eigenvalue weighted by molar-refractivity contribution is 5.92. The number of nitrogens with one attached hydrogen (secondary N) is 2. The molecule has 2 aromatic rings. The molecule has 9 nitrogen and oxygen atoms in total. The van der Waals surface area contributed by atoms with Gasteiger partial charge in [-0.1, -0.05) is 19.1 Å². The third-order valence-electron chi connectivity index (χ3n) is 3.52. The molecule has 9 heteroatoms. The molecule has 2 amide bonds. The van der Waals surface area contributed by atoms with Crippen molar-refractivity contribution in [3.05, 3.63) is 64.3 Å². The SMILES string of the molecule is CC[C@H](OC(=O)NCCNC(=O)c1cccc(=O)n1O)c1cccnc1. The van der Waals surface area contributed by atoms with Crippen molar-refractivity contribution < 1.29 is 19.5 Å². The molecule has 0 aliphatic heterocycles. The van der Waals surface area contributed by atoms with Crippen molar-refractivity contribution in [3.63, 3.8) is 0 Å². The smallest absolute Gasteiger partial charge is 0.407 e. The lowest BCUT2D eigenvalue weighted by atomic mass is 10.1. The van der Waals surface area contributed by atoms with Gasteiger partial charge in [-0.25, -0.2) is 4.79 Å². The third-order valence-corrected chi connectivity index (χ3v) is 3.52. The van der Waals surface area contributed by atoms with Crippen LogP contribution in [-0.4, -0.2) is 40.0 Å². The van der Waals surface area contributed by atoms with Gasteiger partial charge in [0, 0.05) is 37.1 Å². The largest absolute Gasteiger partial charge is 0.441 e. The van der Waals surface area contributed by atoms with E-state index in [-0.39, 0.29) is 23.5 Å². The van der Waals surface area contributed by atoms with Crippen LogP contribution in [0.3, 0.4) is 0 Å². The number of hydrogen-bond donors (Lipinski definition) is 3. The quantitative estimate of drug-likeness (QED) is 0.502. The Hall–Kier alpha value is -3.36. The maximum absolute atomic E-state index is 11.9. The van der Waals surface area contributed by atoms with E-state index in [0.29, 0.717) is 6.42 Å². The van der Waals surface area contributed by atoms with Crippen LogP contribution in [0.5, 0.6) is 0 Å².